The van der Waals surface area contributed by atoms with Crippen molar-refractivity contribution in [1.29, 1.82) is 0 Å². The predicted octanol–water partition coefficient (Wildman–Crippen LogP) is 5.02. The molecule has 0 unspecified atom stereocenters. The van der Waals surface area contributed by atoms with Crippen LogP contribution >= 0.6 is 23.2 Å². The van der Waals surface area contributed by atoms with E-state index in [1.165, 1.54) is 12.4 Å². The number of nitrogens with zero attached hydrogens (tertiary/aromatic N) is 6. The third kappa shape index (κ3) is 5.88. The van der Waals surface area contributed by atoms with Gasteiger partial charge in [-0.25, -0.2) is 13.9 Å². The predicted molar refractivity (Wildman–Crippen MR) is 164 cm³/mol. The van der Waals surface area contributed by atoms with E-state index in [2.05, 4.69) is 37.0 Å². The molecule has 2 saturated heterocycles. The Labute approximate surface area is 249 Å². The number of anilines is 3. The fourth-order valence-corrected chi connectivity index (χ4v) is 6.91. The number of hydrogen-bond donors (Lipinski definition) is 2. The lowest BCUT2D eigenvalue weighted by atomic mass is 10.0. The third-order valence-electron chi connectivity index (χ3n) is 7.99. The van der Waals surface area contributed by atoms with E-state index in [0.29, 0.717) is 38.9 Å². The highest BCUT2D eigenvalue weighted by Crippen LogP contribution is 2.36. The molecular weight excluding hydrogens is 585 g/mol. The summed E-state index contributed by atoms with van der Waals surface area (Å²) < 4.78 is 34.5. The van der Waals surface area contributed by atoms with Gasteiger partial charge in [-0.05, 0) is 44.2 Å². The zero-order chi connectivity index (χ0) is 28.7. The fourth-order valence-electron chi connectivity index (χ4n) is 5.77. The van der Waals surface area contributed by atoms with Crippen LogP contribution in [0, 0.1) is 0 Å². The SMILES string of the molecule is CN1CCN(C2CCN(c3ccc(Nc4ncc(Cl)c(-c5cn(S(=O)(=O)O)c6ccccc56)n4)cc3Cl)CC2)CC1. The van der Waals surface area contributed by atoms with Gasteiger partial charge < -0.3 is 15.1 Å². The van der Waals surface area contributed by atoms with Gasteiger partial charge in [-0.1, -0.05) is 41.4 Å². The van der Waals surface area contributed by atoms with Crippen LogP contribution in [0.2, 0.25) is 10.0 Å². The number of hydrogen-bond acceptors (Lipinski definition) is 8. The first kappa shape index (κ1) is 28.2. The van der Waals surface area contributed by atoms with Crippen molar-refractivity contribution >= 4 is 61.7 Å². The van der Waals surface area contributed by atoms with Gasteiger partial charge in [0.15, 0.2) is 0 Å². The summed E-state index contributed by atoms with van der Waals surface area (Å²) in [5, 5.41) is 4.63. The smallest absolute Gasteiger partial charge is 0.363 e. The van der Waals surface area contributed by atoms with Gasteiger partial charge in [0.2, 0.25) is 5.95 Å². The minimum absolute atomic E-state index is 0.238. The van der Waals surface area contributed by atoms with Crippen LogP contribution in [0.1, 0.15) is 12.8 Å². The third-order valence-corrected chi connectivity index (χ3v) is 9.37. The van der Waals surface area contributed by atoms with Gasteiger partial charge in [-0.2, -0.15) is 8.42 Å². The molecule has 41 heavy (non-hydrogen) atoms. The van der Waals surface area contributed by atoms with E-state index in [0.717, 1.165) is 61.8 Å². The number of aromatic nitrogens is 3. The molecule has 0 spiro atoms. The topological polar surface area (TPSA) is 107 Å². The van der Waals surface area contributed by atoms with Crippen LogP contribution in [-0.4, -0.2) is 89.1 Å². The Balaban J connectivity index is 1.19. The van der Waals surface area contributed by atoms with Crippen LogP contribution < -0.4 is 10.2 Å². The molecule has 10 nitrogen and oxygen atoms in total. The van der Waals surface area contributed by atoms with Gasteiger partial charge in [0.05, 0.1) is 33.1 Å². The zero-order valence-corrected chi connectivity index (χ0v) is 24.9. The van der Waals surface area contributed by atoms with E-state index in [1.807, 2.05) is 18.2 Å². The van der Waals surface area contributed by atoms with Crippen LogP contribution in [0.25, 0.3) is 22.2 Å². The standard InChI is InChI=1S/C28H31Cl2N7O3S/c1-34-12-14-35(15-13-34)20-8-10-36(11-9-20)26-7-6-19(16-23(26)29)32-28-31-17-24(30)27(33-28)22-18-37(41(38,39)40)25-5-3-2-4-21(22)25/h2-7,16-18,20H,8-15H2,1H3,(H,31,32,33)(H,38,39,40). The van der Waals surface area contributed by atoms with Crippen LogP contribution in [-0.2, 0) is 10.3 Å². The number of piperidine rings is 1. The van der Waals surface area contributed by atoms with E-state index < -0.39 is 10.3 Å². The van der Waals surface area contributed by atoms with E-state index in [4.69, 9.17) is 23.2 Å². The summed E-state index contributed by atoms with van der Waals surface area (Å²) in [6, 6.07) is 13.2. The molecule has 4 aromatic rings. The normalized spacial score (nSPS) is 17.8. The van der Waals surface area contributed by atoms with Crippen molar-refractivity contribution in [3.05, 3.63) is 64.9 Å². The summed E-state index contributed by atoms with van der Waals surface area (Å²) in [6.45, 7) is 6.47. The molecular formula is C28H31Cl2N7O3S. The first-order valence-electron chi connectivity index (χ1n) is 13.5. The van der Waals surface area contributed by atoms with Crippen molar-refractivity contribution in [2.75, 3.05) is 56.5 Å². The highest BCUT2D eigenvalue weighted by molar-refractivity contribution is 7.84. The number of halogens is 2. The van der Waals surface area contributed by atoms with E-state index in [1.54, 1.807) is 24.3 Å². The van der Waals surface area contributed by atoms with Crippen LogP contribution in [0.4, 0.5) is 17.3 Å². The van der Waals surface area contributed by atoms with Gasteiger partial charge in [-0.15, -0.1) is 0 Å². The Morgan fingerprint density at radius 3 is 2.41 bits per heavy atom. The monoisotopic (exact) mass is 615 g/mol. The van der Waals surface area contributed by atoms with Crippen LogP contribution in [0.3, 0.4) is 0 Å². The van der Waals surface area contributed by atoms with Crippen LogP contribution in [0.15, 0.2) is 54.9 Å². The molecule has 2 aromatic heterocycles. The fraction of sp³-hybridized carbons (Fsp3) is 0.357. The zero-order valence-electron chi connectivity index (χ0n) is 22.5. The lowest BCUT2D eigenvalue weighted by Crippen LogP contribution is -2.52. The molecule has 216 valence electrons. The largest absolute Gasteiger partial charge is 0.370 e. The molecule has 0 amide bonds. The molecule has 2 N–H and O–H groups in total. The maximum atomic E-state index is 12.0. The summed E-state index contributed by atoms with van der Waals surface area (Å²) >= 11 is 13.2. The van der Waals surface area contributed by atoms with Gasteiger partial charge >= 0.3 is 10.3 Å². The maximum absolute atomic E-state index is 12.0. The second-order valence-corrected chi connectivity index (χ2v) is 12.7. The molecule has 6 rings (SSSR count). The number of fused-ring (bicyclic) bond motifs is 1. The Morgan fingerprint density at radius 2 is 1.71 bits per heavy atom. The Morgan fingerprint density at radius 1 is 0.976 bits per heavy atom. The average molecular weight is 617 g/mol. The number of likely N-dealkylation sites (N-methyl/N-ethyl adjacent to an activating group) is 1. The van der Waals surface area contributed by atoms with Gasteiger partial charge in [0.25, 0.3) is 0 Å². The lowest BCUT2D eigenvalue weighted by Gasteiger charge is -2.42. The van der Waals surface area contributed by atoms with Crippen molar-refractivity contribution in [2.24, 2.45) is 0 Å². The molecule has 0 aliphatic carbocycles. The first-order chi connectivity index (χ1) is 19.7. The first-order valence-corrected chi connectivity index (χ1v) is 15.7. The Hall–Kier alpha value is -2.93. The Bertz CT molecular complexity index is 1680. The molecule has 2 aliphatic heterocycles. The van der Waals surface area contributed by atoms with Gasteiger partial charge in [0.1, 0.15) is 0 Å². The van der Waals surface area contributed by atoms with Crippen molar-refractivity contribution < 1.29 is 13.0 Å². The number of benzene rings is 2. The summed E-state index contributed by atoms with van der Waals surface area (Å²) in [5.41, 5.74) is 2.80. The van der Waals surface area contributed by atoms with Crippen molar-refractivity contribution in [3.63, 3.8) is 0 Å². The number of para-hydroxylation sites is 1. The molecule has 2 aliphatic rings. The molecule has 0 bridgehead atoms. The summed E-state index contributed by atoms with van der Waals surface area (Å²) in [6.07, 6.45) is 4.99. The van der Waals surface area contributed by atoms with Gasteiger partial charge in [-0.3, -0.25) is 9.45 Å². The maximum Gasteiger partial charge on any atom is 0.363 e. The second-order valence-electron chi connectivity index (χ2n) is 10.6. The average Bonchev–Trinajstić information content (AvgIpc) is 3.35. The number of nitrogens with one attached hydrogen (secondary N) is 1. The molecule has 2 aromatic carbocycles. The minimum atomic E-state index is -4.53. The van der Waals surface area contributed by atoms with Gasteiger partial charge in [0, 0.05) is 68.1 Å². The quantitative estimate of drug-likeness (QED) is 0.289. The van der Waals surface area contributed by atoms with Crippen LogP contribution in [0.5, 0.6) is 0 Å². The van der Waals surface area contributed by atoms with Crippen molar-refractivity contribution in [3.8, 4) is 11.3 Å². The Kier molecular flexibility index (Phi) is 7.84. The van der Waals surface area contributed by atoms with E-state index >= 15 is 0 Å². The van der Waals surface area contributed by atoms with Crippen molar-refractivity contribution in [2.45, 2.75) is 18.9 Å². The summed E-state index contributed by atoms with van der Waals surface area (Å²) in [5.74, 6) is 0.268. The molecule has 2 fully saturated rings. The molecule has 0 atom stereocenters. The molecule has 13 heteroatoms. The second kappa shape index (κ2) is 11.4. The summed E-state index contributed by atoms with van der Waals surface area (Å²) in [7, 11) is -2.34. The highest BCUT2D eigenvalue weighted by Gasteiger charge is 2.27. The number of rotatable bonds is 6. The molecule has 4 heterocycles. The van der Waals surface area contributed by atoms with E-state index in [-0.39, 0.29) is 11.0 Å². The molecule has 0 radical (unpaired) electrons. The van der Waals surface area contributed by atoms with Crippen molar-refractivity contribution in [1.82, 2.24) is 23.7 Å². The number of piperazine rings is 1. The van der Waals surface area contributed by atoms with E-state index in [9.17, 15) is 13.0 Å². The molecule has 0 saturated carbocycles. The lowest BCUT2D eigenvalue weighted by molar-refractivity contribution is 0.0982. The summed E-state index contributed by atoms with van der Waals surface area (Å²) in [4.78, 5) is 16.3. The minimum Gasteiger partial charge on any atom is -0.370 e. The highest BCUT2D eigenvalue weighted by atomic mass is 35.5.